The van der Waals surface area contributed by atoms with Crippen LogP contribution in [0.25, 0.3) is 0 Å². The molecule has 1 heterocycles. The van der Waals surface area contributed by atoms with Gasteiger partial charge in [-0.2, -0.15) is 0 Å². The van der Waals surface area contributed by atoms with Gasteiger partial charge in [0.05, 0.1) is 11.3 Å². The Labute approximate surface area is 106 Å². The average molecular weight is 247 g/mol. The largest absolute Gasteiger partial charge is 0.384 e. The number of benzene rings is 1. The third-order valence-corrected chi connectivity index (χ3v) is 2.98. The van der Waals surface area contributed by atoms with Gasteiger partial charge >= 0.3 is 0 Å². The molecule has 1 aliphatic heterocycles. The molecule has 5 heteroatoms. The summed E-state index contributed by atoms with van der Waals surface area (Å²) < 4.78 is 0. The van der Waals surface area contributed by atoms with E-state index < -0.39 is 5.91 Å². The van der Waals surface area contributed by atoms with Crippen molar-refractivity contribution in [3.8, 4) is 0 Å². The molecule has 5 nitrogen and oxygen atoms in total. The summed E-state index contributed by atoms with van der Waals surface area (Å²) in [6.07, 6.45) is 2.23. The van der Waals surface area contributed by atoms with Crippen molar-refractivity contribution in [3.63, 3.8) is 0 Å². The molecular formula is C13H17N3O2. The number of nitrogens with two attached hydrogens (primary N) is 1. The summed E-state index contributed by atoms with van der Waals surface area (Å²) in [7, 11) is 0. The maximum atomic E-state index is 12.0. The summed E-state index contributed by atoms with van der Waals surface area (Å²) in [5.41, 5.74) is 7.75. The molecule has 0 spiro atoms. The predicted molar refractivity (Wildman–Crippen MR) is 69.4 cm³/mol. The highest BCUT2D eigenvalue weighted by atomic mass is 16.2. The lowest BCUT2D eigenvalue weighted by Crippen LogP contribution is -2.29. The Morgan fingerprint density at radius 2 is 2.22 bits per heavy atom. The summed E-state index contributed by atoms with van der Waals surface area (Å²) in [4.78, 5) is 22.6. The van der Waals surface area contributed by atoms with Gasteiger partial charge in [-0.05, 0) is 24.5 Å². The van der Waals surface area contributed by atoms with Crippen LogP contribution in [-0.2, 0) is 11.2 Å². The van der Waals surface area contributed by atoms with E-state index >= 15 is 0 Å². The van der Waals surface area contributed by atoms with Crippen molar-refractivity contribution in [2.45, 2.75) is 19.3 Å². The van der Waals surface area contributed by atoms with Gasteiger partial charge in [-0.15, -0.1) is 0 Å². The second-order valence-corrected chi connectivity index (χ2v) is 4.34. The normalized spacial score (nSPS) is 13.3. The Bertz CT molecular complexity index is 471. The Kier molecular flexibility index (Phi) is 3.82. The SMILES string of the molecule is NC(=O)CCNC(=O)c1cccc2c1NCCC2. The molecule has 1 aliphatic rings. The molecule has 4 N–H and O–H groups in total. The minimum Gasteiger partial charge on any atom is -0.384 e. The van der Waals surface area contributed by atoms with Gasteiger partial charge in [-0.25, -0.2) is 0 Å². The average Bonchev–Trinajstić information content (AvgIpc) is 2.37. The number of rotatable bonds is 4. The van der Waals surface area contributed by atoms with Crippen molar-refractivity contribution < 1.29 is 9.59 Å². The zero-order chi connectivity index (χ0) is 13.0. The number of amides is 2. The lowest BCUT2D eigenvalue weighted by molar-refractivity contribution is -0.117. The van der Waals surface area contributed by atoms with Gasteiger partial charge < -0.3 is 16.4 Å². The number of nitrogens with one attached hydrogen (secondary N) is 2. The van der Waals surface area contributed by atoms with Crippen LogP contribution in [-0.4, -0.2) is 24.9 Å². The summed E-state index contributed by atoms with van der Waals surface area (Å²) in [6.45, 7) is 1.16. The molecule has 0 unspecified atom stereocenters. The summed E-state index contributed by atoms with van der Waals surface area (Å²) in [5, 5.41) is 5.96. The molecular weight excluding hydrogens is 230 g/mol. The smallest absolute Gasteiger partial charge is 0.253 e. The van der Waals surface area contributed by atoms with Crippen LogP contribution in [0.1, 0.15) is 28.8 Å². The van der Waals surface area contributed by atoms with Crippen LogP contribution in [0.3, 0.4) is 0 Å². The van der Waals surface area contributed by atoms with Gasteiger partial charge in [0.15, 0.2) is 0 Å². The van der Waals surface area contributed by atoms with Crippen LogP contribution >= 0.6 is 0 Å². The zero-order valence-electron chi connectivity index (χ0n) is 10.2. The molecule has 0 bridgehead atoms. The van der Waals surface area contributed by atoms with Crippen LogP contribution in [0.5, 0.6) is 0 Å². The van der Waals surface area contributed by atoms with E-state index in [2.05, 4.69) is 10.6 Å². The van der Waals surface area contributed by atoms with Crippen LogP contribution in [0.2, 0.25) is 0 Å². The number of carbonyl (C=O) groups excluding carboxylic acids is 2. The molecule has 18 heavy (non-hydrogen) atoms. The van der Waals surface area contributed by atoms with Gasteiger partial charge in [0.2, 0.25) is 5.91 Å². The molecule has 0 saturated carbocycles. The fourth-order valence-corrected chi connectivity index (χ4v) is 2.09. The maximum Gasteiger partial charge on any atom is 0.253 e. The third-order valence-electron chi connectivity index (χ3n) is 2.98. The Balaban J connectivity index is 2.08. The second kappa shape index (κ2) is 5.53. The lowest BCUT2D eigenvalue weighted by atomic mass is 9.99. The minimum atomic E-state index is -0.413. The van der Waals surface area contributed by atoms with Gasteiger partial charge in [-0.1, -0.05) is 12.1 Å². The number of fused-ring (bicyclic) bond motifs is 1. The van der Waals surface area contributed by atoms with Gasteiger partial charge in [-0.3, -0.25) is 9.59 Å². The van der Waals surface area contributed by atoms with Gasteiger partial charge in [0.25, 0.3) is 5.91 Å². The summed E-state index contributed by atoms with van der Waals surface area (Å²) >= 11 is 0. The van der Waals surface area contributed by atoms with E-state index in [4.69, 9.17) is 5.73 Å². The van der Waals surface area contributed by atoms with Crippen LogP contribution in [0.4, 0.5) is 5.69 Å². The van der Waals surface area contributed by atoms with E-state index in [1.165, 1.54) is 5.56 Å². The number of aryl methyl sites for hydroxylation is 1. The molecule has 0 radical (unpaired) electrons. The van der Waals surface area contributed by atoms with Gasteiger partial charge in [0, 0.05) is 19.5 Å². The highest BCUT2D eigenvalue weighted by molar-refractivity contribution is 6.00. The molecule has 0 fully saturated rings. The monoisotopic (exact) mass is 247 g/mol. The zero-order valence-corrected chi connectivity index (χ0v) is 10.2. The number of primary amides is 1. The van der Waals surface area contributed by atoms with E-state index in [-0.39, 0.29) is 18.9 Å². The maximum absolute atomic E-state index is 12.0. The first-order valence-electron chi connectivity index (χ1n) is 6.11. The molecule has 1 aromatic rings. The number of carbonyl (C=O) groups is 2. The summed E-state index contributed by atoms with van der Waals surface area (Å²) in [5.74, 6) is -0.578. The van der Waals surface area contributed by atoms with E-state index in [1.54, 1.807) is 6.07 Å². The standard InChI is InChI=1S/C13H17N3O2/c14-11(17)6-8-16-13(18)10-5-1-3-9-4-2-7-15-12(9)10/h1,3,5,15H,2,4,6-8H2,(H2,14,17)(H,16,18). The second-order valence-electron chi connectivity index (χ2n) is 4.34. The third kappa shape index (κ3) is 2.80. The van der Waals surface area contributed by atoms with Crippen LogP contribution in [0.15, 0.2) is 18.2 Å². The van der Waals surface area contributed by atoms with Crippen molar-refractivity contribution in [3.05, 3.63) is 29.3 Å². The Morgan fingerprint density at radius 3 is 3.00 bits per heavy atom. The number of para-hydroxylation sites is 1. The van der Waals surface area contributed by atoms with E-state index in [0.29, 0.717) is 5.56 Å². The Morgan fingerprint density at radius 1 is 1.39 bits per heavy atom. The lowest BCUT2D eigenvalue weighted by Gasteiger charge is -2.20. The molecule has 2 amide bonds. The summed E-state index contributed by atoms with van der Waals surface area (Å²) in [6, 6.07) is 5.70. The first kappa shape index (κ1) is 12.4. The van der Waals surface area contributed by atoms with Crippen molar-refractivity contribution in [2.75, 3.05) is 18.4 Å². The quantitative estimate of drug-likeness (QED) is 0.730. The number of hydrogen-bond donors (Lipinski definition) is 3. The minimum absolute atomic E-state index is 0.161. The fraction of sp³-hybridized carbons (Fsp3) is 0.385. The molecule has 0 atom stereocenters. The van der Waals surface area contributed by atoms with Crippen molar-refractivity contribution >= 4 is 17.5 Å². The van der Waals surface area contributed by atoms with Crippen molar-refractivity contribution in [2.24, 2.45) is 5.73 Å². The highest BCUT2D eigenvalue weighted by Gasteiger charge is 2.16. The van der Waals surface area contributed by atoms with Crippen molar-refractivity contribution in [1.82, 2.24) is 5.32 Å². The number of anilines is 1. The first-order valence-corrected chi connectivity index (χ1v) is 6.11. The predicted octanol–water partition coefficient (Wildman–Crippen LogP) is 0.650. The fourth-order valence-electron chi connectivity index (χ4n) is 2.09. The molecule has 96 valence electrons. The number of hydrogen-bond acceptors (Lipinski definition) is 3. The molecule has 0 aliphatic carbocycles. The highest BCUT2D eigenvalue weighted by Crippen LogP contribution is 2.25. The van der Waals surface area contributed by atoms with E-state index in [0.717, 1.165) is 25.1 Å². The van der Waals surface area contributed by atoms with E-state index in [1.807, 2.05) is 12.1 Å². The molecule has 0 saturated heterocycles. The van der Waals surface area contributed by atoms with Crippen LogP contribution in [0, 0.1) is 0 Å². The molecule has 1 aromatic carbocycles. The van der Waals surface area contributed by atoms with Crippen molar-refractivity contribution in [1.29, 1.82) is 0 Å². The topological polar surface area (TPSA) is 84.2 Å². The Hall–Kier alpha value is -2.04. The first-order chi connectivity index (χ1) is 8.68. The van der Waals surface area contributed by atoms with E-state index in [9.17, 15) is 9.59 Å². The van der Waals surface area contributed by atoms with Gasteiger partial charge in [0.1, 0.15) is 0 Å². The molecule has 2 rings (SSSR count). The molecule has 0 aromatic heterocycles. The van der Waals surface area contributed by atoms with Crippen LogP contribution < -0.4 is 16.4 Å².